The van der Waals surface area contributed by atoms with Crippen LogP contribution in [0.1, 0.15) is 32.6 Å². The van der Waals surface area contributed by atoms with Crippen LogP contribution in [-0.2, 0) is 4.79 Å². The molecule has 1 unspecified atom stereocenters. The number of nitrogens with two attached hydrogens (primary N) is 1. The molecule has 0 aromatic heterocycles. The normalized spacial score (nSPS) is 19.8. The topological polar surface area (TPSA) is 70.4 Å². The summed E-state index contributed by atoms with van der Waals surface area (Å²) in [7, 11) is 2.03. The van der Waals surface area contributed by atoms with Crippen LogP contribution in [0.2, 0.25) is 0 Å². The van der Waals surface area contributed by atoms with Gasteiger partial charge in [0.15, 0.2) is 0 Å². The van der Waals surface area contributed by atoms with Gasteiger partial charge >= 0.3 is 0 Å². The number of piperidine rings is 1. The number of likely N-dealkylation sites (N-methyl/N-ethyl adjacent to an activating group) is 1. The Balaban J connectivity index is 2.57. The summed E-state index contributed by atoms with van der Waals surface area (Å²) in [6, 6.07) is 0.410. The lowest BCUT2D eigenvalue weighted by Crippen LogP contribution is -2.53. The minimum absolute atomic E-state index is 0.0668. The fraction of sp³-hybridized carbons (Fsp3) is 0.909. The van der Waals surface area contributed by atoms with Crippen LogP contribution < -0.4 is 16.6 Å². The summed E-state index contributed by atoms with van der Waals surface area (Å²) in [5, 5.41) is 3.33. The van der Waals surface area contributed by atoms with Crippen LogP contribution in [0.5, 0.6) is 0 Å². The molecule has 1 aliphatic rings. The summed E-state index contributed by atoms with van der Waals surface area (Å²) in [6.45, 7) is 4.17. The van der Waals surface area contributed by atoms with Crippen molar-refractivity contribution in [1.29, 1.82) is 0 Å². The van der Waals surface area contributed by atoms with Gasteiger partial charge in [0.1, 0.15) is 0 Å². The number of hydrazine groups is 1. The quantitative estimate of drug-likeness (QED) is 0.347. The highest BCUT2D eigenvalue weighted by molar-refractivity contribution is 5.81. The van der Waals surface area contributed by atoms with E-state index in [4.69, 9.17) is 5.84 Å². The first kappa shape index (κ1) is 13.4. The van der Waals surface area contributed by atoms with Gasteiger partial charge in [0.05, 0.1) is 6.04 Å². The maximum Gasteiger partial charge on any atom is 0.251 e. The zero-order valence-electron chi connectivity index (χ0n) is 10.3. The van der Waals surface area contributed by atoms with Crippen LogP contribution in [-0.4, -0.2) is 43.0 Å². The Hall–Kier alpha value is -0.650. The number of carbonyl (C=O) groups excluding carboxylic acids is 1. The molecule has 16 heavy (non-hydrogen) atoms. The van der Waals surface area contributed by atoms with Crippen LogP contribution in [0.4, 0.5) is 0 Å². The van der Waals surface area contributed by atoms with Gasteiger partial charge < -0.3 is 5.32 Å². The highest BCUT2D eigenvalue weighted by atomic mass is 16.2. The van der Waals surface area contributed by atoms with E-state index in [9.17, 15) is 4.79 Å². The van der Waals surface area contributed by atoms with Gasteiger partial charge in [-0.05, 0) is 39.4 Å². The van der Waals surface area contributed by atoms with E-state index >= 15 is 0 Å². The van der Waals surface area contributed by atoms with Gasteiger partial charge in [0.25, 0.3) is 5.91 Å². The Labute approximate surface area is 97.7 Å². The Kier molecular flexibility index (Phi) is 5.73. The second-order valence-electron chi connectivity index (χ2n) is 4.46. The number of carbonyl (C=O) groups is 1. The predicted molar refractivity (Wildman–Crippen MR) is 64.7 cm³/mol. The molecule has 1 atom stereocenters. The van der Waals surface area contributed by atoms with Gasteiger partial charge in [-0.2, -0.15) is 0 Å². The van der Waals surface area contributed by atoms with Crippen LogP contribution in [0.3, 0.4) is 0 Å². The van der Waals surface area contributed by atoms with E-state index in [0.29, 0.717) is 6.04 Å². The Morgan fingerprint density at radius 2 is 2.19 bits per heavy atom. The molecule has 1 amide bonds. The van der Waals surface area contributed by atoms with Crippen LogP contribution in [0.15, 0.2) is 0 Å². The van der Waals surface area contributed by atoms with E-state index in [1.54, 1.807) is 0 Å². The molecule has 0 bridgehead atoms. The van der Waals surface area contributed by atoms with Gasteiger partial charge in [0, 0.05) is 6.04 Å². The summed E-state index contributed by atoms with van der Waals surface area (Å²) < 4.78 is 0. The molecule has 1 saturated heterocycles. The van der Waals surface area contributed by atoms with Crippen LogP contribution in [0, 0.1) is 0 Å². The summed E-state index contributed by atoms with van der Waals surface area (Å²) in [6.07, 6.45) is 4.07. The standard InChI is InChI=1S/C11H24N4O/c1-3-4-10(11(16)14-12)15(2)9-5-7-13-8-6-9/h9-10,13H,3-8,12H2,1-2H3,(H,14,16). The summed E-state index contributed by atoms with van der Waals surface area (Å²) in [5.41, 5.74) is 2.27. The number of hydrogen-bond donors (Lipinski definition) is 3. The number of hydrogen-bond acceptors (Lipinski definition) is 4. The lowest BCUT2D eigenvalue weighted by molar-refractivity contribution is -0.127. The van der Waals surface area contributed by atoms with E-state index in [-0.39, 0.29) is 11.9 Å². The van der Waals surface area contributed by atoms with Crippen molar-refractivity contribution in [1.82, 2.24) is 15.6 Å². The molecule has 0 saturated carbocycles. The Morgan fingerprint density at radius 1 is 1.56 bits per heavy atom. The molecule has 1 rings (SSSR count). The van der Waals surface area contributed by atoms with Gasteiger partial charge in [-0.1, -0.05) is 13.3 Å². The third-order valence-electron chi connectivity index (χ3n) is 3.38. The first-order valence-corrected chi connectivity index (χ1v) is 6.13. The molecule has 0 aliphatic carbocycles. The monoisotopic (exact) mass is 228 g/mol. The minimum Gasteiger partial charge on any atom is -0.317 e. The zero-order valence-corrected chi connectivity index (χ0v) is 10.3. The molecule has 1 heterocycles. The fourth-order valence-electron chi connectivity index (χ4n) is 2.36. The van der Waals surface area contributed by atoms with Crippen molar-refractivity contribution in [2.75, 3.05) is 20.1 Å². The molecule has 0 radical (unpaired) electrons. The minimum atomic E-state index is -0.0851. The molecule has 4 N–H and O–H groups in total. The Morgan fingerprint density at radius 3 is 2.69 bits per heavy atom. The molecule has 1 aliphatic heterocycles. The highest BCUT2D eigenvalue weighted by Crippen LogP contribution is 2.16. The van der Waals surface area contributed by atoms with Crippen LogP contribution >= 0.6 is 0 Å². The zero-order chi connectivity index (χ0) is 12.0. The molecule has 94 valence electrons. The maximum atomic E-state index is 11.7. The van der Waals surface area contributed by atoms with Gasteiger partial charge in [-0.15, -0.1) is 0 Å². The van der Waals surface area contributed by atoms with E-state index in [1.165, 1.54) is 0 Å². The van der Waals surface area contributed by atoms with Crippen molar-refractivity contribution in [2.45, 2.75) is 44.7 Å². The second-order valence-corrected chi connectivity index (χ2v) is 4.46. The van der Waals surface area contributed by atoms with Gasteiger partial charge in [-0.3, -0.25) is 15.1 Å². The van der Waals surface area contributed by atoms with Gasteiger partial charge in [0.2, 0.25) is 0 Å². The van der Waals surface area contributed by atoms with Crippen molar-refractivity contribution in [2.24, 2.45) is 5.84 Å². The molecule has 0 spiro atoms. The lowest BCUT2D eigenvalue weighted by Gasteiger charge is -2.36. The van der Waals surface area contributed by atoms with Crippen molar-refractivity contribution < 1.29 is 4.79 Å². The predicted octanol–water partition coefficient (Wildman–Crippen LogP) is -0.171. The second kappa shape index (κ2) is 6.83. The fourth-order valence-corrected chi connectivity index (χ4v) is 2.36. The molecule has 5 nitrogen and oxygen atoms in total. The third kappa shape index (κ3) is 3.43. The first-order chi connectivity index (χ1) is 7.70. The Bertz CT molecular complexity index is 216. The molecule has 0 aromatic rings. The highest BCUT2D eigenvalue weighted by Gasteiger charge is 2.28. The SMILES string of the molecule is CCCC(C(=O)NN)N(C)C1CCNCC1. The smallest absolute Gasteiger partial charge is 0.251 e. The third-order valence-corrected chi connectivity index (χ3v) is 3.38. The van der Waals surface area contributed by atoms with Crippen LogP contribution in [0.25, 0.3) is 0 Å². The van der Waals surface area contributed by atoms with E-state index in [0.717, 1.165) is 38.8 Å². The molecular formula is C11H24N4O. The van der Waals surface area contributed by atoms with E-state index in [1.807, 2.05) is 7.05 Å². The maximum absolute atomic E-state index is 11.7. The number of nitrogens with one attached hydrogen (secondary N) is 2. The first-order valence-electron chi connectivity index (χ1n) is 6.13. The van der Waals surface area contributed by atoms with Crippen molar-refractivity contribution >= 4 is 5.91 Å². The molecule has 1 fully saturated rings. The van der Waals surface area contributed by atoms with Crippen molar-refractivity contribution in [3.63, 3.8) is 0 Å². The summed E-state index contributed by atoms with van der Waals surface area (Å²) in [4.78, 5) is 13.9. The average molecular weight is 228 g/mol. The number of nitrogens with zero attached hydrogens (tertiary/aromatic N) is 1. The summed E-state index contributed by atoms with van der Waals surface area (Å²) >= 11 is 0. The van der Waals surface area contributed by atoms with Crippen molar-refractivity contribution in [3.8, 4) is 0 Å². The largest absolute Gasteiger partial charge is 0.317 e. The number of amides is 1. The molecule has 5 heteroatoms. The molecule has 0 aromatic carbocycles. The number of rotatable bonds is 5. The summed E-state index contributed by atoms with van der Waals surface area (Å²) in [5.74, 6) is 5.17. The van der Waals surface area contributed by atoms with E-state index in [2.05, 4.69) is 22.6 Å². The lowest BCUT2D eigenvalue weighted by atomic mass is 10.0. The average Bonchev–Trinajstić information content (AvgIpc) is 2.35. The van der Waals surface area contributed by atoms with Crippen molar-refractivity contribution in [3.05, 3.63) is 0 Å². The van der Waals surface area contributed by atoms with E-state index < -0.39 is 0 Å². The molecular weight excluding hydrogens is 204 g/mol. The van der Waals surface area contributed by atoms with Gasteiger partial charge in [-0.25, -0.2) is 5.84 Å².